The number of hydrogen-bond acceptors (Lipinski definition) is 4. The molecule has 0 aliphatic carbocycles. The van der Waals surface area contributed by atoms with E-state index in [1.807, 2.05) is 0 Å². The molecule has 3 rings (SSSR count). The summed E-state index contributed by atoms with van der Waals surface area (Å²) in [6.45, 7) is 0. The smallest absolute Gasteiger partial charge is 0.406 e. The summed E-state index contributed by atoms with van der Waals surface area (Å²) in [7, 11) is 0. The van der Waals surface area contributed by atoms with Gasteiger partial charge in [0.2, 0.25) is 5.82 Å². The SMILES string of the molecule is NC(=O)c1ncn(-c2cccc(-c3ccc(OC(F)(F)F)cc3)c2)n1. The van der Waals surface area contributed by atoms with Gasteiger partial charge in [-0.05, 0) is 35.4 Å². The molecule has 0 unspecified atom stereocenters. The van der Waals surface area contributed by atoms with Gasteiger partial charge in [-0.1, -0.05) is 24.3 Å². The molecule has 128 valence electrons. The Morgan fingerprint density at radius 2 is 1.80 bits per heavy atom. The number of benzene rings is 2. The Morgan fingerprint density at radius 1 is 1.08 bits per heavy atom. The highest BCUT2D eigenvalue weighted by Crippen LogP contribution is 2.27. The van der Waals surface area contributed by atoms with E-state index in [2.05, 4.69) is 14.8 Å². The Morgan fingerprint density at radius 3 is 2.40 bits per heavy atom. The van der Waals surface area contributed by atoms with Crippen LogP contribution in [-0.2, 0) is 0 Å². The fourth-order valence-electron chi connectivity index (χ4n) is 2.18. The number of amides is 1. The van der Waals surface area contributed by atoms with Gasteiger partial charge < -0.3 is 10.5 Å². The van der Waals surface area contributed by atoms with Crippen molar-refractivity contribution >= 4 is 5.91 Å². The molecule has 9 heteroatoms. The number of nitrogens with zero attached hydrogens (tertiary/aromatic N) is 3. The molecule has 0 aliphatic heterocycles. The van der Waals surface area contributed by atoms with Gasteiger partial charge in [-0.25, -0.2) is 9.67 Å². The zero-order chi connectivity index (χ0) is 18.0. The summed E-state index contributed by atoms with van der Waals surface area (Å²) < 4.78 is 41.8. The predicted molar refractivity (Wildman–Crippen MR) is 82.0 cm³/mol. The first-order valence-electron chi connectivity index (χ1n) is 7.00. The molecule has 6 nitrogen and oxygen atoms in total. The Bertz CT molecular complexity index is 904. The van der Waals surface area contributed by atoms with Crippen LogP contribution in [0.1, 0.15) is 10.6 Å². The molecule has 0 radical (unpaired) electrons. The average molecular weight is 348 g/mol. The number of halogens is 3. The molecule has 0 aliphatic rings. The van der Waals surface area contributed by atoms with Crippen LogP contribution in [0.25, 0.3) is 16.8 Å². The van der Waals surface area contributed by atoms with Gasteiger partial charge in [-0.2, -0.15) is 0 Å². The topological polar surface area (TPSA) is 83.0 Å². The van der Waals surface area contributed by atoms with E-state index in [0.29, 0.717) is 11.3 Å². The molecular formula is C16H11F3N4O2. The molecule has 2 N–H and O–H groups in total. The van der Waals surface area contributed by atoms with E-state index in [1.165, 1.54) is 35.3 Å². The van der Waals surface area contributed by atoms with Crippen molar-refractivity contribution in [3.63, 3.8) is 0 Å². The van der Waals surface area contributed by atoms with E-state index in [9.17, 15) is 18.0 Å². The first kappa shape index (κ1) is 16.5. The molecule has 2 aromatic carbocycles. The minimum absolute atomic E-state index is 0.112. The van der Waals surface area contributed by atoms with Gasteiger partial charge in [-0.15, -0.1) is 18.3 Å². The van der Waals surface area contributed by atoms with Crippen molar-refractivity contribution in [3.05, 3.63) is 60.7 Å². The number of hydrogen-bond donors (Lipinski definition) is 1. The molecule has 0 spiro atoms. The molecule has 0 saturated heterocycles. The first-order chi connectivity index (χ1) is 11.8. The molecule has 25 heavy (non-hydrogen) atoms. The lowest BCUT2D eigenvalue weighted by Gasteiger charge is -2.10. The summed E-state index contributed by atoms with van der Waals surface area (Å²) in [5, 5.41) is 3.96. The van der Waals surface area contributed by atoms with Gasteiger partial charge in [-0.3, -0.25) is 4.79 Å². The summed E-state index contributed by atoms with van der Waals surface area (Å²) in [5.74, 6) is -1.15. The van der Waals surface area contributed by atoms with Gasteiger partial charge in [0.1, 0.15) is 12.1 Å². The van der Waals surface area contributed by atoms with Crippen molar-refractivity contribution in [1.82, 2.24) is 14.8 Å². The Kier molecular flexibility index (Phi) is 4.14. The molecule has 0 bridgehead atoms. The fraction of sp³-hybridized carbons (Fsp3) is 0.0625. The third-order valence-corrected chi connectivity index (χ3v) is 3.24. The zero-order valence-corrected chi connectivity index (χ0v) is 12.6. The minimum Gasteiger partial charge on any atom is -0.406 e. The van der Waals surface area contributed by atoms with E-state index < -0.39 is 12.3 Å². The number of primary amides is 1. The molecule has 0 atom stereocenters. The highest BCUT2D eigenvalue weighted by Gasteiger charge is 2.30. The summed E-state index contributed by atoms with van der Waals surface area (Å²) in [6, 6.07) is 12.5. The number of carbonyl (C=O) groups excluding carboxylic acids is 1. The van der Waals surface area contributed by atoms with E-state index in [1.54, 1.807) is 24.3 Å². The second-order valence-electron chi connectivity index (χ2n) is 5.00. The van der Waals surface area contributed by atoms with Crippen LogP contribution in [0, 0.1) is 0 Å². The lowest BCUT2D eigenvalue weighted by Crippen LogP contribution is -2.16. The third kappa shape index (κ3) is 3.94. The molecule has 0 fully saturated rings. The second kappa shape index (κ2) is 6.27. The quantitative estimate of drug-likeness (QED) is 0.786. The van der Waals surface area contributed by atoms with Crippen molar-refractivity contribution < 1.29 is 22.7 Å². The Balaban J connectivity index is 1.87. The van der Waals surface area contributed by atoms with E-state index in [4.69, 9.17) is 5.73 Å². The molecule has 1 aromatic heterocycles. The number of alkyl halides is 3. The highest BCUT2D eigenvalue weighted by molar-refractivity contribution is 5.88. The third-order valence-electron chi connectivity index (χ3n) is 3.24. The van der Waals surface area contributed by atoms with Crippen LogP contribution in [0.2, 0.25) is 0 Å². The van der Waals surface area contributed by atoms with Crippen LogP contribution in [0.5, 0.6) is 5.75 Å². The summed E-state index contributed by atoms with van der Waals surface area (Å²) in [6.07, 6.45) is -3.38. The lowest BCUT2D eigenvalue weighted by atomic mass is 10.1. The van der Waals surface area contributed by atoms with Crippen LogP contribution in [0.4, 0.5) is 13.2 Å². The Hall–Kier alpha value is -3.36. The first-order valence-corrected chi connectivity index (χ1v) is 7.00. The van der Waals surface area contributed by atoms with Crippen molar-refractivity contribution in [2.24, 2.45) is 5.73 Å². The van der Waals surface area contributed by atoms with Crippen LogP contribution in [0.15, 0.2) is 54.9 Å². The normalized spacial score (nSPS) is 11.3. The van der Waals surface area contributed by atoms with Gasteiger partial charge in [0.15, 0.2) is 0 Å². The summed E-state index contributed by atoms with van der Waals surface area (Å²) in [5.41, 5.74) is 7.16. The van der Waals surface area contributed by atoms with Crippen molar-refractivity contribution in [1.29, 1.82) is 0 Å². The highest BCUT2D eigenvalue weighted by atomic mass is 19.4. The van der Waals surface area contributed by atoms with E-state index >= 15 is 0 Å². The van der Waals surface area contributed by atoms with Crippen molar-refractivity contribution in [2.75, 3.05) is 0 Å². The van der Waals surface area contributed by atoms with Crippen molar-refractivity contribution in [3.8, 4) is 22.6 Å². The van der Waals surface area contributed by atoms with E-state index in [0.717, 1.165) is 5.56 Å². The van der Waals surface area contributed by atoms with Crippen LogP contribution in [0.3, 0.4) is 0 Å². The zero-order valence-electron chi connectivity index (χ0n) is 12.6. The van der Waals surface area contributed by atoms with E-state index in [-0.39, 0.29) is 11.6 Å². The van der Waals surface area contributed by atoms with Gasteiger partial charge in [0, 0.05) is 0 Å². The maximum Gasteiger partial charge on any atom is 0.573 e. The minimum atomic E-state index is -4.73. The predicted octanol–water partition coefficient (Wildman–Crippen LogP) is 2.93. The molecule has 3 aromatic rings. The summed E-state index contributed by atoms with van der Waals surface area (Å²) in [4.78, 5) is 14.9. The molecule has 0 saturated carbocycles. The average Bonchev–Trinajstić information content (AvgIpc) is 3.04. The Labute approximate surface area is 139 Å². The number of carbonyl (C=O) groups is 1. The maximum absolute atomic E-state index is 12.2. The van der Waals surface area contributed by atoms with Gasteiger partial charge in [0.25, 0.3) is 5.91 Å². The molecular weight excluding hydrogens is 337 g/mol. The second-order valence-corrected chi connectivity index (χ2v) is 5.00. The number of ether oxygens (including phenoxy) is 1. The van der Waals surface area contributed by atoms with Crippen molar-refractivity contribution in [2.45, 2.75) is 6.36 Å². The van der Waals surface area contributed by atoms with Crippen LogP contribution >= 0.6 is 0 Å². The number of aromatic nitrogens is 3. The monoisotopic (exact) mass is 348 g/mol. The number of rotatable bonds is 4. The fourth-order valence-corrected chi connectivity index (χ4v) is 2.18. The van der Waals surface area contributed by atoms with Gasteiger partial charge >= 0.3 is 6.36 Å². The lowest BCUT2D eigenvalue weighted by molar-refractivity contribution is -0.274. The largest absolute Gasteiger partial charge is 0.573 e. The van der Waals surface area contributed by atoms with Gasteiger partial charge in [0.05, 0.1) is 5.69 Å². The molecule has 1 heterocycles. The molecule has 1 amide bonds. The standard InChI is InChI=1S/C16H11F3N4O2/c17-16(18,19)25-13-6-4-10(5-7-13)11-2-1-3-12(8-11)23-9-21-15(22-23)14(20)24/h1-9H,(H2,20,24). The van der Waals surface area contributed by atoms with Crippen LogP contribution in [-0.4, -0.2) is 27.0 Å². The number of nitrogens with two attached hydrogens (primary N) is 1. The summed E-state index contributed by atoms with van der Waals surface area (Å²) >= 11 is 0. The van der Waals surface area contributed by atoms with Crippen LogP contribution < -0.4 is 10.5 Å². The maximum atomic E-state index is 12.2.